The number of ether oxygens (including phenoxy) is 2. The van der Waals surface area contributed by atoms with Crippen LogP contribution in [0.25, 0.3) is 0 Å². The van der Waals surface area contributed by atoms with E-state index in [4.69, 9.17) is 9.47 Å². The molecule has 1 N–H and O–H groups in total. The van der Waals surface area contributed by atoms with Crippen molar-refractivity contribution in [3.8, 4) is 0 Å². The van der Waals surface area contributed by atoms with Gasteiger partial charge in [0.1, 0.15) is 0 Å². The molecule has 16 heavy (non-hydrogen) atoms. The molecular formula is C13H29NO2. The van der Waals surface area contributed by atoms with Gasteiger partial charge in [-0.25, -0.2) is 0 Å². The first-order valence-electron chi connectivity index (χ1n) is 6.48. The second kappa shape index (κ2) is 10.1. The van der Waals surface area contributed by atoms with E-state index in [1.165, 1.54) is 0 Å². The third-order valence-electron chi connectivity index (χ3n) is 2.35. The van der Waals surface area contributed by atoms with Gasteiger partial charge >= 0.3 is 0 Å². The maximum absolute atomic E-state index is 5.80. The van der Waals surface area contributed by atoms with Crippen molar-refractivity contribution >= 4 is 0 Å². The lowest BCUT2D eigenvalue weighted by Gasteiger charge is -2.21. The minimum Gasteiger partial charge on any atom is -0.379 e. The largest absolute Gasteiger partial charge is 0.379 e. The third-order valence-corrected chi connectivity index (χ3v) is 2.35. The average Bonchev–Trinajstić information content (AvgIpc) is 2.21. The smallest absolute Gasteiger partial charge is 0.0723 e. The predicted molar refractivity (Wildman–Crippen MR) is 68.8 cm³/mol. The van der Waals surface area contributed by atoms with Gasteiger partial charge in [-0.05, 0) is 18.4 Å². The quantitative estimate of drug-likeness (QED) is 0.585. The highest BCUT2D eigenvalue weighted by molar-refractivity contribution is 4.65. The fourth-order valence-corrected chi connectivity index (χ4v) is 1.35. The van der Waals surface area contributed by atoms with Gasteiger partial charge in [-0.15, -0.1) is 0 Å². The maximum Gasteiger partial charge on any atom is 0.0723 e. The minimum atomic E-state index is 0.294. The van der Waals surface area contributed by atoms with Crippen LogP contribution in [0, 0.1) is 11.8 Å². The molecule has 0 amide bonds. The first-order chi connectivity index (χ1) is 7.57. The Morgan fingerprint density at radius 1 is 1.06 bits per heavy atom. The van der Waals surface area contributed by atoms with Gasteiger partial charge in [-0.3, -0.25) is 0 Å². The fraction of sp³-hybridized carbons (Fsp3) is 1.00. The van der Waals surface area contributed by atoms with Crippen LogP contribution in [0.4, 0.5) is 0 Å². The van der Waals surface area contributed by atoms with Gasteiger partial charge in [-0.1, -0.05) is 34.6 Å². The van der Waals surface area contributed by atoms with E-state index in [-0.39, 0.29) is 0 Å². The Balaban J connectivity index is 3.52. The topological polar surface area (TPSA) is 30.5 Å². The molecule has 0 aliphatic rings. The molecule has 0 aliphatic heterocycles. The monoisotopic (exact) mass is 231 g/mol. The van der Waals surface area contributed by atoms with Crippen LogP contribution in [-0.4, -0.2) is 39.0 Å². The van der Waals surface area contributed by atoms with Crippen LogP contribution in [-0.2, 0) is 9.47 Å². The Kier molecular flexibility index (Phi) is 9.99. The molecule has 0 radical (unpaired) electrons. The second-order valence-electron chi connectivity index (χ2n) is 4.93. The van der Waals surface area contributed by atoms with Crippen LogP contribution >= 0.6 is 0 Å². The molecule has 1 atom stereocenters. The Morgan fingerprint density at radius 2 is 1.75 bits per heavy atom. The van der Waals surface area contributed by atoms with E-state index in [2.05, 4.69) is 39.9 Å². The molecule has 98 valence electrons. The Morgan fingerprint density at radius 3 is 2.25 bits per heavy atom. The van der Waals surface area contributed by atoms with E-state index < -0.39 is 0 Å². The summed E-state index contributed by atoms with van der Waals surface area (Å²) in [5, 5.41) is 3.32. The molecule has 1 unspecified atom stereocenters. The molecule has 0 heterocycles. The summed E-state index contributed by atoms with van der Waals surface area (Å²) in [7, 11) is 0. The van der Waals surface area contributed by atoms with Crippen LogP contribution in [0.1, 0.15) is 34.6 Å². The molecule has 0 spiro atoms. The predicted octanol–water partition coefficient (Wildman–Crippen LogP) is 2.31. The fourth-order valence-electron chi connectivity index (χ4n) is 1.35. The van der Waals surface area contributed by atoms with Gasteiger partial charge in [0.25, 0.3) is 0 Å². The van der Waals surface area contributed by atoms with E-state index in [9.17, 15) is 0 Å². The van der Waals surface area contributed by atoms with Crippen molar-refractivity contribution in [2.45, 2.75) is 40.7 Å². The van der Waals surface area contributed by atoms with E-state index in [1.807, 2.05) is 0 Å². The van der Waals surface area contributed by atoms with Gasteiger partial charge < -0.3 is 14.8 Å². The first kappa shape index (κ1) is 15.9. The van der Waals surface area contributed by atoms with Crippen molar-refractivity contribution in [2.24, 2.45) is 11.8 Å². The standard InChI is InChI=1S/C13H29NO2/c1-6-14-9-13(12(4)5)16-8-7-15-10-11(2)3/h11-14H,6-10H2,1-5H3. The summed E-state index contributed by atoms with van der Waals surface area (Å²) < 4.78 is 11.3. The molecule has 3 nitrogen and oxygen atoms in total. The lowest BCUT2D eigenvalue weighted by Crippen LogP contribution is -2.34. The van der Waals surface area contributed by atoms with Gasteiger partial charge in [0.15, 0.2) is 0 Å². The number of hydrogen-bond acceptors (Lipinski definition) is 3. The zero-order valence-electron chi connectivity index (χ0n) is 11.6. The molecule has 0 bridgehead atoms. The van der Waals surface area contributed by atoms with Crippen LogP contribution < -0.4 is 5.32 Å². The average molecular weight is 231 g/mol. The van der Waals surface area contributed by atoms with Gasteiger partial charge in [-0.2, -0.15) is 0 Å². The molecule has 3 heteroatoms. The SMILES string of the molecule is CCNCC(OCCOCC(C)C)C(C)C. The second-order valence-corrected chi connectivity index (χ2v) is 4.93. The Hall–Kier alpha value is -0.120. The highest BCUT2D eigenvalue weighted by Crippen LogP contribution is 2.05. The summed E-state index contributed by atoms with van der Waals surface area (Å²) in [5.41, 5.74) is 0. The summed E-state index contributed by atoms with van der Waals surface area (Å²) in [6.07, 6.45) is 0.294. The summed E-state index contributed by atoms with van der Waals surface area (Å²) in [6.45, 7) is 15.0. The molecule has 0 fully saturated rings. The van der Waals surface area contributed by atoms with Crippen molar-refractivity contribution in [3.63, 3.8) is 0 Å². The van der Waals surface area contributed by atoms with Crippen LogP contribution in [0.2, 0.25) is 0 Å². The van der Waals surface area contributed by atoms with Gasteiger partial charge in [0.05, 0.1) is 19.3 Å². The van der Waals surface area contributed by atoms with Crippen molar-refractivity contribution in [2.75, 3.05) is 32.9 Å². The van der Waals surface area contributed by atoms with E-state index >= 15 is 0 Å². The van der Waals surface area contributed by atoms with Gasteiger partial charge in [0, 0.05) is 13.2 Å². The third kappa shape index (κ3) is 9.13. The number of hydrogen-bond donors (Lipinski definition) is 1. The zero-order valence-corrected chi connectivity index (χ0v) is 11.6. The van der Waals surface area contributed by atoms with Crippen molar-refractivity contribution < 1.29 is 9.47 Å². The minimum absolute atomic E-state index is 0.294. The molecule has 0 saturated carbocycles. The van der Waals surface area contributed by atoms with Crippen LogP contribution in [0.15, 0.2) is 0 Å². The van der Waals surface area contributed by atoms with Crippen molar-refractivity contribution in [1.82, 2.24) is 5.32 Å². The molecule has 0 aliphatic carbocycles. The number of likely N-dealkylation sites (N-methyl/N-ethyl adjacent to an activating group) is 1. The molecular weight excluding hydrogens is 202 g/mol. The van der Waals surface area contributed by atoms with E-state index in [0.717, 1.165) is 19.7 Å². The summed E-state index contributed by atoms with van der Waals surface area (Å²) >= 11 is 0. The zero-order chi connectivity index (χ0) is 12.4. The lowest BCUT2D eigenvalue weighted by molar-refractivity contribution is -0.0178. The molecule has 0 aromatic rings. The summed E-state index contributed by atoms with van der Waals surface area (Å²) in [5.74, 6) is 1.15. The molecule has 0 aromatic carbocycles. The Labute approximate surface area is 101 Å². The molecule has 0 rings (SSSR count). The lowest BCUT2D eigenvalue weighted by atomic mass is 10.1. The first-order valence-corrected chi connectivity index (χ1v) is 6.48. The van der Waals surface area contributed by atoms with E-state index in [0.29, 0.717) is 31.2 Å². The number of rotatable bonds is 10. The highest BCUT2D eigenvalue weighted by atomic mass is 16.5. The van der Waals surface area contributed by atoms with Crippen molar-refractivity contribution in [3.05, 3.63) is 0 Å². The highest BCUT2D eigenvalue weighted by Gasteiger charge is 2.12. The number of nitrogens with one attached hydrogen (secondary N) is 1. The normalized spacial score (nSPS) is 13.7. The van der Waals surface area contributed by atoms with E-state index in [1.54, 1.807) is 0 Å². The van der Waals surface area contributed by atoms with Crippen molar-refractivity contribution in [1.29, 1.82) is 0 Å². The van der Waals surface area contributed by atoms with Gasteiger partial charge in [0.2, 0.25) is 0 Å². The summed E-state index contributed by atoms with van der Waals surface area (Å²) in [6, 6.07) is 0. The molecule has 0 aromatic heterocycles. The summed E-state index contributed by atoms with van der Waals surface area (Å²) in [4.78, 5) is 0. The molecule has 0 saturated heterocycles. The Bertz CT molecular complexity index is 149. The van der Waals surface area contributed by atoms with Crippen LogP contribution in [0.5, 0.6) is 0 Å². The van der Waals surface area contributed by atoms with Crippen LogP contribution in [0.3, 0.4) is 0 Å². The maximum atomic E-state index is 5.80.